The normalized spacial score (nSPS) is 11.6. The van der Waals surface area contributed by atoms with Crippen molar-refractivity contribution < 1.29 is 13.9 Å². The maximum Gasteiger partial charge on any atom is 0.305 e. The van der Waals surface area contributed by atoms with Gasteiger partial charge in [-0.25, -0.2) is 9.98 Å². The molecule has 0 unspecified atom stereocenters. The number of ether oxygens (including phenoxy) is 1. The van der Waals surface area contributed by atoms with E-state index in [0.29, 0.717) is 44.4 Å². The van der Waals surface area contributed by atoms with Gasteiger partial charge in [-0.2, -0.15) is 0 Å². The number of esters is 1. The highest BCUT2D eigenvalue weighted by Gasteiger charge is 2.18. The maximum absolute atomic E-state index is 11.3. The van der Waals surface area contributed by atoms with E-state index in [2.05, 4.69) is 41.4 Å². The van der Waals surface area contributed by atoms with Crippen LogP contribution in [0.25, 0.3) is 0 Å². The number of oxazole rings is 1. The van der Waals surface area contributed by atoms with Crippen LogP contribution in [0.1, 0.15) is 59.1 Å². The van der Waals surface area contributed by atoms with E-state index in [9.17, 15) is 4.79 Å². The molecule has 0 aromatic carbocycles. The van der Waals surface area contributed by atoms with Crippen LogP contribution in [-0.4, -0.2) is 36.6 Å². The second-order valence-electron chi connectivity index (χ2n) is 6.40. The van der Waals surface area contributed by atoms with Gasteiger partial charge in [-0.05, 0) is 20.3 Å². The lowest BCUT2D eigenvalue weighted by Crippen LogP contribution is -2.37. The van der Waals surface area contributed by atoms with Crippen LogP contribution in [0.4, 0.5) is 0 Å². The number of hydrogen-bond donors (Lipinski definition) is 2. The molecule has 144 valence electrons. The second kappa shape index (κ2) is 12.1. The van der Waals surface area contributed by atoms with E-state index >= 15 is 0 Å². The minimum atomic E-state index is -0.171. The van der Waals surface area contributed by atoms with Gasteiger partial charge in [0.15, 0.2) is 5.96 Å². The van der Waals surface area contributed by atoms with Gasteiger partial charge in [0.05, 0.1) is 12.8 Å². The largest absolute Gasteiger partial charge is 0.466 e. The maximum atomic E-state index is 11.3. The lowest BCUT2D eigenvalue weighted by molar-refractivity contribution is -0.143. The van der Waals surface area contributed by atoms with Crippen LogP contribution in [0, 0.1) is 0 Å². The number of halogens is 1. The number of nitrogens with one attached hydrogen (secondary N) is 2. The molecule has 1 aromatic rings. The van der Waals surface area contributed by atoms with Crippen molar-refractivity contribution in [1.29, 1.82) is 0 Å². The lowest BCUT2D eigenvalue weighted by Gasteiger charge is -2.13. The summed E-state index contributed by atoms with van der Waals surface area (Å²) in [5, 5.41) is 6.34. The first kappa shape index (κ1) is 23.7. The molecule has 0 bridgehead atoms. The van der Waals surface area contributed by atoms with Gasteiger partial charge in [0, 0.05) is 24.9 Å². The zero-order chi connectivity index (χ0) is 18.0. The predicted molar refractivity (Wildman–Crippen MR) is 109 cm³/mol. The highest BCUT2D eigenvalue weighted by atomic mass is 127. The Bertz CT molecular complexity index is 538. The SMILES string of the molecule is CCNC(=NCc1ncc(C(C)(C)C)o1)NCCCC(=O)OCC.I. The number of aliphatic imine (C=N–C) groups is 1. The van der Waals surface area contributed by atoms with E-state index in [1.165, 1.54) is 0 Å². The van der Waals surface area contributed by atoms with E-state index < -0.39 is 0 Å². The molecular formula is C17H31IN4O3. The Morgan fingerprint density at radius 1 is 1.32 bits per heavy atom. The number of aromatic nitrogens is 1. The molecule has 1 rings (SSSR count). The zero-order valence-electron chi connectivity index (χ0n) is 15.8. The van der Waals surface area contributed by atoms with Crippen molar-refractivity contribution in [2.45, 2.75) is 59.4 Å². The summed E-state index contributed by atoms with van der Waals surface area (Å²) in [6, 6.07) is 0. The minimum Gasteiger partial charge on any atom is -0.466 e. The van der Waals surface area contributed by atoms with Gasteiger partial charge in [0.1, 0.15) is 12.3 Å². The smallest absolute Gasteiger partial charge is 0.305 e. The molecule has 2 N–H and O–H groups in total. The topological polar surface area (TPSA) is 88.8 Å². The molecule has 0 aliphatic heterocycles. The Morgan fingerprint density at radius 3 is 2.60 bits per heavy atom. The molecule has 0 saturated heterocycles. The Kier molecular flexibility index (Phi) is 11.5. The van der Waals surface area contributed by atoms with Crippen molar-refractivity contribution >= 4 is 35.9 Å². The summed E-state index contributed by atoms with van der Waals surface area (Å²) in [7, 11) is 0. The quantitative estimate of drug-likeness (QED) is 0.201. The molecule has 1 heterocycles. The average Bonchev–Trinajstić information content (AvgIpc) is 2.98. The molecule has 1 aromatic heterocycles. The fourth-order valence-corrected chi connectivity index (χ4v) is 1.89. The molecule has 0 aliphatic carbocycles. The van der Waals surface area contributed by atoms with E-state index in [0.717, 1.165) is 12.3 Å². The first-order valence-corrected chi connectivity index (χ1v) is 8.49. The monoisotopic (exact) mass is 466 g/mol. The summed E-state index contributed by atoms with van der Waals surface area (Å²) >= 11 is 0. The Morgan fingerprint density at radius 2 is 2.04 bits per heavy atom. The van der Waals surface area contributed by atoms with Crippen LogP contribution >= 0.6 is 24.0 Å². The van der Waals surface area contributed by atoms with Crippen LogP contribution < -0.4 is 10.6 Å². The number of rotatable bonds is 8. The van der Waals surface area contributed by atoms with E-state index in [1.54, 1.807) is 13.1 Å². The third-order valence-corrected chi connectivity index (χ3v) is 3.16. The average molecular weight is 466 g/mol. The van der Waals surface area contributed by atoms with Crippen LogP contribution in [-0.2, 0) is 21.5 Å². The van der Waals surface area contributed by atoms with Crippen molar-refractivity contribution in [3.05, 3.63) is 17.8 Å². The van der Waals surface area contributed by atoms with E-state index in [4.69, 9.17) is 9.15 Å². The van der Waals surface area contributed by atoms with Gasteiger partial charge < -0.3 is 19.8 Å². The molecule has 0 fully saturated rings. The van der Waals surface area contributed by atoms with Crippen molar-refractivity contribution in [3.8, 4) is 0 Å². The molecule has 0 aliphatic rings. The Balaban J connectivity index is 0.00000576. The molecule has 0 saturated carbocycles. The third kappa shape index (κ3) is 9.66. The predicted octanol–water partition coefficient (Wildman–Crippen LogP) is 2.99. The summed E-state index contributed by atoms with van der Waals surface area (Å²) in [4.78, 5) is 20.0. The van der Waals surface area contributed by atoms with Gasteiger partial charge in [0.25, 0.3) is 0 Å². The lowest BCUT2D eigenvalue weighted by atomic mass is 9.94. The number of nitrogens with zero attached hydrogens (tertiary/aromatic N) is 2. The summed E-state index contributed by atoms with van der Waals surface area (Å²) in [5.74, 6) is 1.94. The first-order valence-electron chi connectivity index (χ1n) is 8.49. The number of hydrogen-bond acceptors (Lipinski definition) is 5. The number of guanidine groups is 1. The zero-order valence-corrected chi connectivity index (χ0v) is 18.2. The minimum absolute atomic E-state index is 0. The van der Waals surface area contributed by atoms with E-state index in [-0.39, 0.29) is 35.4 Å². The molecular weight excluding hydrogens is 435 g/mol. The number of carbonyl (C=O) groups is 1. The molecule has 8 heteroatoms. The van der Waals surface area contributed by atoms with E-state index in [1.807, 2.05) is 6.92 Å². The van der Waals surface area contributed by atoms with Crippen molar-refractivity contribution in [2.75, 3.05) is 19.7 Å². The second-order valence-corrected chi connectivity index (χ2v) is 6.40. The molecule has 7 nitrogen and oxygen atoms in total. The van der Waals surface area contributed by atoms with Gasteiger partial charge in [-0.3, -0.25) is 4.79 Å². The summed E-state index contributed by atoms with van der Waals surface area (Å²) in [5.41, 5.74) is -0.0647. The van der Waals surface area contributed by atoms with Crippen LogP contribution in [0.5, 0.6) is 0 Å². The summed E-state index contributed by atoms with van der Waals surface area (Å²) in [6.07, 6.45) is 2.84. The molecule has 0 radical (unpaired) electrons. The molecule has 25 heavy (non-hydrogen) atoms. The van der Waals surface area contributed by atoms with Gasteiger partial charge >= 0.3 is 5.97 Å². The highest BCUT2D eigenvalue weighted by molar-refractivity contribution is 14.0. The fraction of sp³-hybridized carbons (Fsp3) is 0.706. The van der Waals surface area contributed by atoms with Crippen molar-refractivity contribution in [1.82, 2.24) is 15.6 Å². The first-order chi connectivity index (χ1) is 11.4. The fourth-order valence-electron chi connectivity index (χ4n) is 1.89. The molecule has 0 amide bonds. The van der Waals surface area contributed by atoms with Gasteiger partial charge in [-0.1, -0.05) is 20.8 Å². The highest BCUT2D eigenvalue weighted by Crippen LogP contribution is 2.22. The Labute approximate surface area is 167 Å². The third-order valence-electron chi connectivity index (χ3n) is 3.16. The van der Waals surface area contributed by atoms with Crippen molar-refractivity contribution in [2.24, 2.45) is 4.99 Å². The number of carbonyl (C=O) groups excluding carboxylic acids is 1. The van der Waals surface area contributed by atoms with Crippen molar-refractivity contribution in [3.63, 3.8) is 0 Å². The summed E-state index contributed by atoms with van der Waals surface area (Å²) < 4.78 is 10.6. The van der Waals surface area contributed by atoms with Crippen LogP contribution in [0.15, 0.2) is 15.6 Å². The van der Waals surface area contributed by atoms with Gasteiger partial charge in [-0.15, -0.1) is 24.0 Å². The molecule has 0 atom stereocenters. The molecule has 0 spiro atoms. The standard InChI is InChI=1S/C17H30N4O3.HI/c1-6-18-16(19-10-8-9-15(22)23-7-2)21-12-14-20-11-13(24-14)17(3,4)5;/h11H,6-10,12H2,1-5H3,(H2,18,19,21);1H. The Hall–Kier alpha value is -1.32. The van der Waals surface area contributed by atoms with Crippen LogP contribution in [0.2, 0.25) is 0 Å². The van der Waals surface area contributed by atoms with Gasteiger partial charge in [0.2, 0.25) is 5.89 Å². The van der Waals surface area contributed by atoms with Crippen LogP contribution in [0.3, 0.4) is 0 Å². The summed E-state index contributed by atoms with van der Waals surface area (Å²) in [6.45, 7) is 12.2.